The van der Waals surface area contributed by atoms with Crippen molar-refractivity contribution >= 4 is 0 Å². The van der Waals surface area contributed by atoms with Crippen molar-refractivity contribution < 1.29 is 9.15 Å². The summed E-state index contributed by atoms with van der Waals surface area (Å²) in [4.78, 5) is 7.14. The van der Waals surface area contributed by atoms with Crippen LogP contribution in [0, 0.1) is 0 Å². The molecule has 0 aliphatic carbocycles. The van der Waals surface area contributed by atoms with E-state index in [-0.39, 0.29) is 0 Å². The molecule has 0 saturated carbocycles. The van der Waals surface area contributed by atoms with E-state index < -0.39 is 0 Å². The number of likely N-dealkylation sites (tertiary alicyclic amines) is 1. The van der Waals surface area contributed by atoms with Crippen molar-refractivity contribution in [2.75, 3.05) is 19.7 Å². The molecule has 0 radical (unpaired) electrons. The van der Waals surface area contributed by atoms with Crippen LogP contribution in [0.3, 0.4) is 0 Å². The maximum atomic E-state index is 5.69. The van der Waals surface area contributed by atoms with Gasteiger partial charge in [-0.25, -0.2) is 4.98 Å². The lowest BCUT2D eigenvalue weighted by Crippen LogP contribution is -2.24. The van der Waals surface area contributed by atoms with Crippen molar-refractivity contribution in [2.24, 2.45) is 0 Å². The molecular weight excluding hydrogens is 276 g/mol. The molecule has 0 atom stereocenters. The average molecular weight is 300 g/mol. The molecule has 0 N–H and O–H groups in total. The Bertz CT molecular complexity index is 586. The van der Waals surface area contributed by atoms with Gasteiger partial charge in [0.2, 0.25) is 5.89 Å². The molecule has 4 heteroatoms. The van der Waals surface area contributed by atoms with Gasteiger partial charge in [-0.1, -0.05) is 25.0 Å². The Morgan fingerprint density at radius 3 is 2.68 bits per heavy atom. The zero-order valence-corrected chi connectivity index (χ0v) is 13.3. The lowest BCUT2D eigenvalue weighted by atomic mass is 10.2. The third kappa shape index (κ3) is 3.69. The Labute approximate surface area is 132 Å². The van der Waals surface area contributed by atoms with Crippen LogP contribution in [0.2, 0.25) is 0 Å². The van der Waals surface area contributed by atoms with Crippen molar-refractivity contribution in [3.63, 3.8) is 0 Å². The fourth-order valence-electron chi connectivity index (χ4n) is 2.95. The highest BCUT2D eigenvalue weighted by Crippen LogP contribution is 2.29. The third-order valence-electron chi connectivity index (χ3n) is 4.05. The van der Waals surface area contributed by atoms with Crippen LogP contribution in [0.1, 0.15) is 38.3 Å². The van der Waals surface area contributed by atoms with Crippen molar-refractivity contribution in [2.45, 2.75) is 39.2 Å². The minimum absolute atomic E-state index is 0.637. The summed E-state index contributed by atoms with van der Waals surface area (Å²) in [7, 11) is 0. The summed E-state index contributed by atoms with van der Waals surface area (Å²) in [5, 5.41) is 0. The largest absolute Gasteiger partial charge is 0.493 e. The maximum Gasteiger partial charge on any atom is 0.229 e. The van der Waals surface area contributed by atoms with Crippen LogP contribution in [0.15, 0.2) is 34.9 Å². The second-order valence-corrected chi connectivity index (χ2v) is 5.76. The van der Waals surface area contributed by atoms with E-state index in [2.05, 4.69) is 9.88 Å². The number of oxazole rings is 1. The lowest BCUT2D eigenvalue weighted by Gasteiger charge is -2.17. The predicted octanol–water partition coefficient (Wildman–Crippen LogP) is 4.12. The topological polar surface area (TPSA) is 38.5 Å². The zero-order chi connectivity index (χ0) is 15.2. The van der Waals surface area contributed by atoms with Gasteiger partial charge < -0.3 is 9.15 Å². The standard InChI is InChI=1S/C18H24N2O2/c1-2-21-17-10-6-5-9-16(17)18-19-15(14-22-18)13-20-11-7-3-4-8-12-20/h5-6,9-10,14H,2-4,7-8,11-13H2,1H3. The highest BCUT2D eigenvalue weighted by atomic mass is 16.5. The summed E-state index contributed by atoms with van der Waals surface area (Å²) >= 11 is 0. The minimum atomic E-state index is 0.637. The highest BCUT2D eigenvalue weighted by Gasteiger charge is 2.15. The molecule has 3 rings (SSSR count). The number of benzene rings is 1. The summed E-state index contributed by atoms with van der Waals surface area (Å²) in [5.41, 5.74) is 1.93. The summed E-state index contributed by atoms with van der Waals surface area (Å²) in [6.07, 6.45) is 7.06. The van der Waals surface area contributed by atoms with E-state index in [4.69, 9.17) is 9.15 Å². The number of aromatic nitrogens is 1. The van der Waals surface area contributed by atoms with Crippen LogP contribution in [-0.4, -0.2) is 29.6 Å². The summed E-state index contributed by atoms with van der Waals surface area (Å²) in [5.74, 6) is 1.47. The van der Waals surface area contributed by atoms with Crippen molar-refractivity contribution in [1.82, 2.24) is 9.88 Å². The highest BCUT2D eigenvalue weighted by molar-refractivity contribution is 5.62. The molecule has 1 aliphatic rings. The van der Waals surface area contributed by atoms with E-state index in [1.54, 1.807) is 6.26 Å². The quantitative estimate of drug-likeness (QED) is 0.832. The number of ether oxygens (including phenoxy) is 1. The van der Waals surface area contributed by atoms with Gasteiger partial charge in [-0.2, -0.15) is 0 Å². The first-order valence-corrected chi connectivity index (χ1v) is 8.26. The van der Waals surface area contributed by atoms with Crippen LogP contribution in [0.4, 0.5) is 0 Å². The van der Waals surface area contributed by atoms with E-state index in [9.17, 15) is 0 Å². The molecule has 0 amide bonds. The van der Waals surface area contributed by atoms with Crippen molar-refractivity contribution in [3.05, 3.63) is 36.2 Å². The van der Waals surface area contributed by atoms with Gasteiger partial charge in [0.25, 0.3) is 0 Å². The Morgan fingerprint density at radius 1 is 1.14 bits per heavy atom. The van der Waals surface area contributed by atoms with Gasteiger partial charge in [0.15, 0.2) is 0 Å². The SMILES string of the molecule is CCOc1ccccc1-c1nc(CN2CCCCCC2)co1. The molecule has 1 fully saturated rings. The fourth-order valence-corrected chi connectivity index (χ4v) is 2.95. The molecular formula is C18H24N2O2. The first-order valence-electron chi connectivity index (χ1n) is 8.26. The number of hydrogen-bond donors (Lipinski definition) is 0. The molecule has 2 heterocycles. The summed E-state index contributed by atoms with van der Waals surface area (Å²) in [6.45, 7) is 5.82. The normalized spacial score (nSPS) is 16.4. The second kappa shape index (κ2) is 7.45. The molecule has 2 aromatic rings. The Balaban J connectivity index is 1.73. The van der Waals surface area contributed by atoms with Gasteiger partial charge in [-0.15, -0.1) is 0 Å². The molecule has 0 bridgehead atoms. The Hall–Kier alpha value is -1.81. The first-order chi connectivity index (χ1) is 10.9. The van der Waals surface area contributed by atoms with Crippen LogP contribution in [0.25, 0.3) is 11.5 Å². The van der Waals surface area contributed by atoms with Crippen LogP contribution in [0.5, 0.6) is 5.75 Å². The van der Waals surface area contributed by atoms with E-state index in [0.717, 1.165) is 36.6 Å². The third-order valence-corrected chi connectivity index (χ3v) is 4.05. The first kappa shape index (κ1) is 15.1. The van der Waals surface area contributed by atoms with E-state index in [1.165, 1.54) is 25.7 Å². The summed E-state index contributed by atoms with van der Waals surface area (Å²) < 4.78 is 11.3. The van der Waals surface area contributed by atoms with Gasteiger partial charge >= 0.3 is 0 Å². The maximum absolute atomic E-state index is 5.69. The van der Waals surface area contributed by atoms with E-state index >= 15 is 0 Å². The fraction of sp³-hybridized carbons (Fsp3) is 0.500. The molecule has 4 nitrogen and oxygen atoms in total. The van der Waals surface area contributed by atoms with E-state index in [0.29, 0.717) is 12.5 Å². The van der Waals surface area contributed by atoms with Gasteiger partial charge in [-0.05, 0) is 45.0 Å². The number of hydrogen-bond acceptors (Lipinski definition) is 4. The summed E-state index contributed by atoms with van der Waals surface area (Å²) in [6, 6.07) is 7.90. The van der Waals surface area contributed by atoms with Gasteiger partial charge in [-0.3, -0.25) is 4.90 Å². The van der Waals surface area contributed by atoms with Gasteiger partial charge in [0.05, 0.1) is 17.9 Å². The Kier molecular flexibility index (Phi) is 5.11. The molecule has 0 spiro atoms. The predicted molar refractivity (Wildman–Crippen MR) is 86.9 cm³/mol. The molecule has 1 aliphatic heterocycles. The molecule has 1 saturated heterocycles. The molecule has 0 unspecified atom stereocenters. The molecule has 1 aromatic carbocycles. The number of para-hydroxylation sites is 1. The van der Waals surface area contributed by atoms with Crippen LogP contribution in [-0.2, 0) is 6.54 Å². The number of rotatable bonds is 5. The van der Waals surface area contributed by atoms with Crippen LogP contribution >= 0.6 is 0 Å². The smallest absolute Gasteiger partial charge is 0.229 e. The van der Waals surface area contributed by atoms with Crippen molar-refractivity contribution in [1.29, 1.82) is 0 Å². The van der Waals surface area contributed by atoms with Crippen molar-refractivity contribution in [3.8, 4) is 17.2 Å². The molecule has 1 aromatic heterocycles. The van der Waals surface area contributed by atoms with Gasteiger partial charge in [0, 0.05) is 6.54 Å². The molecule has 118 valence electrons. The van der Waals surface area contributed by atoms with E-state index in [1.807, 2.05) is 31.2 Å². The average Bonchev–Trinajstić information content (AvgIpc) is 2.84. The molecule has 22 heavy (non-hydrogen) atoms. The van der Waals surface area contributed by atoms with Crippen LogP contribution < -0.4 is 4.74 Å². The monoisotopic (exact) mass is 300 g/mol. The van der Waals surface area contributed by atoms with Gasteiger partial charge in [0.1, 0.15) is 12.0 Å². The minimum Gasteiger partial charge on any atom is -0.493 e. The number of nitrogens with zero attached hydrogens (tertiary/aromatic N) is 2. The zero-order valence-electron chi connectivity index (χ0n) is 13.3. The lowest BCUT2D eigenvalue weighted by molar-refractivity contribution is 0.273. The second-order valence-electron chi connectivity index (χ2n) is 5.76. The Morgan fingerprint density at radius 2 is 1.91 bits per heavy atom.